The van der Waals surface area contributed by atoms with Crippen LogP contribution in [0.3, 0.4) is 0 Å². The lowest BCUT2D eigenvalue weighted by atomic mass is 10.0. The fraction of sp³-hybridized carbons (Fsp3) is 0.583. The number of nitrogens with zero attached hydrogens (tertiary/aromatic N) is 1. The van der Waals surface area contributed by atoms with E-state index in [2.05, 4.69) is 15.6 Å². The van der Waals surface area contributed by atoms with Crippen molar-refractivity contribution in [3.63, 3.8) is 0 Å². The van der Waals surface area contributed by atoms with E-state index in [9.17, 15) is 13.2 Å². The average Bonchev–Trinajstić information content (AvgIpc) is 2.71. The molecule has 0 amide bonds. The van der Waals surface area contributed by atoms with Gasteiger partial charge in [-0.25, -0.2) is 0 Å². The lowest BCUT2D eigenvalue weighted by Crippen LogP contribution is -2.50. The first-order valence-corrected chi connectivity index (χ1v) is 6.06. The minimum atomic E-state index is -4.32. The summed E-state index contributed by atoms with van der Waals surface area (Å²) in [5, 5.41) is 6.81. The standard InChI is InChI=1S/C12H14F3N3/c13-12(14,15)7-1-3-9(16-5-7)11-10-4-2-8(18-10)6-17-11/h1,3,5,8,10-11,17-18H,2,4,6H2. The number of hydrogen-bond acceptors (Lipinski definition) is 3. The van der Waals surface area contributed by atoms with E-state index in [4.69, 9.17) is 0 Å². The predicted octanol–water partition coefficient (Wildman–Crippen LogP) is 1.87. The van der Waals surface area contributed by atoms with Crippen LogP contribution in [0.4, 0.5) is 13.2 Å². The molecule has 18 heavy (non-hydrogen) atoms. The maximum Gasteiger partial charge on any atom is 0.417 e. The minimum Gasteiger partial charge on any atom is -0.308 e. The Balaban J connectivity index is 1.80. The molecule has 6 heteroatoms. The molecule has 98 valence electrons. The van der Waals surface area contributed by atoms with Gasteiger partial charge < -0.3 is 10.6 Å². The minimum absolute atomic E-state index is 0.0195. The van der Waals surface area contributed by atoms with Gasteiger partial charge in [-0.05, 0) is 25.0 Å². The van der Waals surface area contributed by atoms with Crippen molar-refractivity contribution in [2.24, 2.45) is 0 Å². The number of rotatable bonds is 1. The average molecular weight is 257 g/mol. The Labute approximate surface area is 103 Å². The molecule has 1 aromatic heterocycles. The number of hydrogen-bond donors (Lipinski definition) is 2. The smallest absolute Gasteiger partial charge is 0.308 e. The molecule has 0 radical (unpaired) electrons. The van der Waals surface area contributed by atoms with Crippen LogP contribution in [0.15, 0.2) is 18.3 Å². The van der Waals surface area contributed by atoms with E-state index in [-0.39, 0.29) is 12.1 Å². The molecule has 3 unspecified atom stereocenters. The summed E-state index contributed by atoms with van der Waals surface area (Å²) in [5.41, 5.74) is -0.0137. The number of halogens is 3. The summed E-state index contributed by atoms with van der Waals surface area (Å²) < 4.78 is 37.3. The zero-order valence-corrected chi connectivity index (χ0v) is 9.67. The fourth-order valence-electron chi connectivity index (χ4n) is 2.75. The predicted molar refractivity (Wildman–Crippen MR) is 59.9 cm³/mol. The second-order valence-electron chi connectivity index (χ2n) is 4.90. The third kappa shape index (κ3) is 2.10. The topological polar surface area (TPSA) is 37.0 Å². The number of fused-ring (bicyclic) bond motifs is 2. The third-order valence-electron chi connectivity index (χ3n) is 3.69. The van der Waals surface area contributed by atoms with Crippen LogP contribution in [0.2, 0.25) is 0 Å². The molecule has 3 atom stereocenters. The van der Waals surface area contributed by atoms with Gasteiger partial charge in [0.05, 0.1) is 17.3 Å². The molecule has 0 saturated carbocycles. The van der Waals surface area contributed by atoms with Crippen LogP contribution in [-0.2, 0) is 6.18 Å². The van der Waals surface area contributed by atoms with Crippen LogP contribution in [0.1, 0.15) is 30.1 Å². The van der Waals surface area contributed by atoms with Crippen LogP contribution >= 0.6 is 0 Å². The van der Waals surface area contributed by atoms with Gasteiger partial charge in [0.25, 0.3) is 0 Å². The zero-order chi connectivity index (χ0) is 12.8. The summed E-state index contributed by atoms with van der Waals surface area (Å²) in [6.45, 7) is 0.851. The van der Waals surface area contributed by atoms with E-state index in [1.54, 1.807) is 0 Å². The van der Waals surface area contributed by atoms with Gasteiger partial charge in [-0.1, -0.05) is 0 Å². The first-order valence-electron chi connectivity index (χ1n) is 6.06. The molecular weight excluding hydrogens is 243 g/mol. The highest BCUT2D eigenvalue weighted by atomic mass is 19.4. The molecule has 3 heterocycles. The van der Waals surface area contributed by atoms with Gasteiger partial charge in [-0.3, -0.25) is 4.98 Å². The molecule has 0 spiro atoms. The Kier molecular flexibility index (Phi) is 2.79. The summed E-state index contributed by atoms with van der Waals surface area (Å²) in [7, 11) is 0. The highest BCUT2D eigenvalue weighted by Gasteiger charge is 2.37. The van der Waals surface area contributed by atoms with Crippen molar-refractivity contribution < 1.29 is 13.2 Å². The largest absolute Gasteiger partial charge is 0.417 e. The summed E-state index contributed by atoms with van der Waals surface area (Å²) in [4.78, 5) is 3.96. The molecule has 2 fully saturated rings. The number of nitrogens with one attached hydrogen (secondary N) is 2. The third-order valence-corrected chi connectivity index (χ3v) is 3.69. The van der Waals surface area contributed by atoms with E-state index in [1.807, 2.05) is 0 Å². The maximum atomic E-state index is 12.4. The number of pyridine rings is 1. The lowest BCUT2D eigenvalue weighted by Gasteiger charge is -2.31. The van der Waals surface area contributed by atoms with Crippen molar-refractivity contribution in [3.8, 4) is 0 Å². The normalized spacial score (nSPS) is 31.6. The van der Waals surface area contributed by atoms with Crippen molar-refractivity contribution in [3.05, 3.63) is 29.6 Å². The van der Waals surface area contributed by atoms with Crippen LogP contribution in [-0.4, -0.2) is 23.6 Å². The molecule has 2 saturated heterocycles. The Morgan fingerprint density at radius 2 is 2.06 bits per heavy atom. The molecule has 3 rings (SSSR count). The van der Waals surface area contributed by atoms with Gasteiger partial charge >= 0.3 is 6.18 Å². The van der Waals surface area contributed by atoms with Crippen molar-refractivity contribution in [2.45, 2.75) is 37.1 Å². The van der Waals surface area contributed by atoms with E-state index in [0.717, 1.165) is 31.6 Å². The molecule has 3 nitrogen and oxygen atoms in total. The summed E-state index contributed by atoms with van der Waals surface area (Å²) in [6.07, 6.45) is -1.24. The van der Waals surface area contributed by atoms with E-state index >= 15 is 0 Å². The SMILES string of the molecule is FC(F)(F)c1ccc(C2NCC3CCC2N3)nc1. The lowest BCUT2D eigenvalue weighted by molar-refractivity contribution is -0.137. The molecule has 2 aliphatic heterocycles. The van der Waals surface area contributed by atoms with E-state index in [1.165, 1.54) is 6.07 Å². The van der Waals surface area contributed by atoms with Crippen LogP contribution < -0.4 is 10.6 Å². The van der Waals surface area contributed by atoms with Crippen molar-refractivity contribution in [1.82, 2.24) is 15.6 Å². The molecule has 1 aromatic rings. The number of piperazine rings is 1. The number of alkyl halides is 3. The van der Waals surface area contributed by atoms with Gasteiger partial charge in [-0.15, -0.1) is 0 Å². The molecule has 2 bridgehead atoms. The maximum absolute atomic E-state index is 12.4. The van der Waals surface area contributed by atoms with Crippen molar-refractivity contribution >= 4 is 0 Å². The molecular formula is C12H14F3N3. The number of aromatic nitrogens is 1. The first-order chi connectivity index (χ1) is 8.54. The van der Waals surface area contributed by atoms with E-state index < -0.39 is 11.7 Å². The first kappa shape index (κ1) is 11.9. The van der Waals surface area contributed by atoms with Crippen molar-refractivity contribution in [2.75, 3.05) is 6.54 Å². The Bertz CT molecular complexity index is 429. The van der Waals surface area contributed by atoms with Gasteiger partial charge in [0.1, 0.15) is 0 Å². The van der Waals surface area contributed by atoms with Crippen molar-refractivity contribution in [1.29, 1.82) is 0 Å². The summed E-state index contributed by atoms with van der Waals surface area (Å²) >= 11 is 0. The van der Waals surface area contributed by atoms with E-state index in [0.29, 0.717) is 11.7 Å². The van der Waals surface area contributed by atoms with Crippen LogP contribution in [0, 0.1) is 0 Å². The highest BCUT2D eigenvalue weighted by Crippen LogP contribution is 2.31. The Morgan fingerprint density at radius 3 is 2.72 bits per heavy atom. The second-order valence-corrected chi connectivity index (χ2v) is 4.90. The fourth-order valence-corrected chi connectivity index (χ4v) is 2.75. The van der Waals surface area contributed by atoms with Gasteiger partial charge in [0, 0.05) is 24.8 Å². The van der Waals surface area contributed by atoms with Gasteiger partial charge in [0.2, 0.25) is 0 Å². The van der Waals surface area contributed by atoms with Crippen LogP contribution in [0.5, 0.6) is 0 Å². The summed E-state index contributed by atoms with van der Waals surface area (Å²) in [6, 6.07) is 3.38. The molecule has 0 aliphatic carbocycles. The van der Waals surface area contributed by atoms with Gasteiger partial charge in [-0.2, -0.15) is 13.2 Å². The summed E-state index contributed by atoms with van der Waals surface area (Å²) in [5.74, 6) is 0. The monoisotopic (exact) mass is 257 g/mol. The second kappa shape index (κ2) is 4.20. The Morgan fingerprint density at radius 1 is 1.22 bits per heavy atom. The molecule has 0 aromatic carbocycles. The molecule has 2 aliphatic rings. The van der Waals surface area contributed by atoms with Crippen LogP contribution in [0.25, 0.3) is 0 Å². The zero-order valence-electron chi connectivity index (χ0n) is 9.67. The molecule has 2 N–H and O–H groups in total. The van der Waals surface area contributed by atoms with Gasteiger partial charge in [0.15, 0.2) is 0 Å². The highest BCUT2D eigenvalue weighted by molar-refractivity contribution is 5.21. The Hall–Kier alpha value is -1.14. The quantitative estimate of drug-likeness (QED) is 0.806.